The third kappa shape index (κ3) is 3.89. The number of nitrogen functional groups attached to an aromatic ring is 1. The number of rotatable bonds is 6. The first kappa shape index (κ1) is 14.2. The summed E-state index contributed by atoms with van der Waals surface area (Å²) >= 11 is 0. The number of nitrogens with zero attached hydrogens (tertiary/aromatic N) is 2. The van der Waals surface area contributed by atoms with Gasteiger partial charge >= 0.3 is 5.69 Å². The highest BCUT2D eigenvalue weighted by Gasteiger charge is 2.18. The summed E-state index contributed by atoms with van der Waals surface area (Å²) in [4.78, 5) is 12.6. The van der Waals surface area contributed by atoms with Crippen LogP contribution < -0.4 is 11.1 Å². The Bertz CT molecular complexity index is 421. The molecule has 0 saturated heterocycles. The first-order chi connectivity index (χ1) is 8.41. The maximum absolute atomic E-state index is 11.0. The van der Waals surface area contributed by atoms with Gasteiger partial charge in [-0.25, -0.2) is 0 Å². The fourth-order valence-corrected chi connectivity index (χ4v) is 1.67. The molecular weight excluding hydrogens is 232 g/mol. The number of nitrogens with two attached hydrogens (primary N) is 1. The van der Waals surface area contributed by atoms with Gasteiger partial charge in [-0.2, -0.15) is 0 Å². The van der Waals surface area contributed by atoms with Crippen LogP contribution in [0.2, 0.25) is 0 Å². The van der Waals surface area contributed by atoms with Gasteiger partial charge in [0.25, 0.3) is 0 Å². The van der Waals surface area contributed by atoms with Gasteiger partial charge in [0.1, 0.15) is 11.4 Å². The van der Waals surface area contributed by atoms with Crippen molar-refractivity contribution >= 4 is 17.1 Å². The normalized spacial score (nSPS) is 12.4. The Morgan fingerprint density at radius 2 is 2.17 bits per heavy atom. The minimum absolute atomic E-state index is 0.0470. The van der Waals surface area contributed by atoms with Crippen molar-refractivity contribution in [2.24, 2.45) is 0 Å². The molecule has 0 aliphatic rings. The van der Waals surface area contributed by atoms with Gasteiger partial charge in [-0.1, -0.05) is 6.07 Å². The molecule has 0 saturated carbocycles. The Balaban J connectivity index is 2.78. The summed E-state index contributed by atoms with van der Waals surface area (Å²) < 4.78 is 0. The molecule has 0 radical (unpaired) electrons. The van der Waals surface area contributed by atoms with E-state index in [4.69, 9.17) is 5.73 Å². The van der Waals surface area contributed by atoms with Crippen LogP contribution in [0.25, 0.3) is 0 Å². The second-order valence-corrected chi connectivity index (χ2v) is 4.64. The van der Waals surface area contributed by atoms with E-state index in [0.717, 1.165) is 13.0 Å². The summed E-state index contributed by atoms with van der Waals surface area (Å²) in [6.45, 7) is 2.92. The summed E-state index contributed by atoms with van der Waals surface area (Å²) in [6, 6.07) is 5.07. The molecule has 0 amide bonds. The number of hydrogen-bond acceptors (Lipinski definition) is 5. The molecule has 0 aliphatic heterocycles. The fourth-order valence-electron chi connectivity index (χ4n) is 1.67. The van der Waals surface area contributed by atoms with Crippen molar-refractivity contribution in [3.05, 3.63) is 28.3 Å². The third-order valence-corrected chi connectivity index (χ3v) is 2.66. The fraction of sp³-hybridized carbons (Fsp3) is 0.500. The van der Waals surface area contributed by atoms with E-state index < -0.39 is 4.92 Å². The van der Waals surface area contributed by atoms with E-state index in [1.165, 1.54) is 6.07 Å². The molecule has 0 spiro atoms. The SMILES string of the molecule is CC(CCN(C)C)Nc1cccc(N)c1[N+](=O)[O-]. The van der Waals surface area contributed by atoms with Crippen molar-refractivity contribution in [3.8, 4) is 0 Å². The average molecular weight is 252 g/mol. The zero-order valence-corrected chi connectivity index (χ0v) is 11.0. The van der Waals surface area contributed by atoms with Gasteiger partial charge < -0.3 is 16.0 Å². The van der Waals surface area contributed by atoms with Crippen LogP contribution in [0.5, 0.6) is 0 Å². The highest BCUT2D eigenvalue weighted by molar-refractivity contribution is 5.74. The molecule has 100 valence electrons. The molecule has 18 heavy (non-hydrogen) atoms. The number of para-hydroxylation sites is 1. The van der Waals surface area contributed by atoms with Crippen LogP contribution >= 0.6 is 0 Å². The molecule has 0 aliphatic carbocycles. The van der Waals surface area contributed by atoms with E-state index in [1.807, 2.05) is 21.0 Å². The van der Waals surface area contributed by atoms with Gasteiger partial charge in [-0.05, 0) is 46.1 Å². The monoisotopic (exact) mass is 252 g/mol. The predicted octanol–water partition coefficient (Wildman–Crippen LogP) is 1.93. The zero-order chi connectivity index (χ0) is 13.7. The summed E-state index contributed by atoms with van der Waals surface area (Å²) in [6.07, 6.45) is 0.902. The van der Waals surface area contributed by atoms with E-state index in [2.05, 4.69) is 10.2 Å². The molecule has 0 fully saturated rings. The van der Waals surface area contributed by atoms with Gasteiger partial charge in [-0.15, -0.1) is 0 Å². The smallest absolute Gasteiger partial charge is 0.314 e. The van der Waals surface area contributed by atoms with E-state index in [9.17, 15) is 10.1 Å². The Morgan fingerprint density at radius 1 is 1.50 bits per heavy atom. The quantitative estimate of drug-likeness (QED) is 0.459. The second kappa shape index (κ2) is 6.20. The number of benzene rings is 1. The minimum atomic E-state index is -0.448. The molecule has 3 N–H and O–H groups in total. The first-order valence-corrected chi connectivity index (χ1v) is 5.86. The molecule has 6 heteroatoms. The summed E-state index contributed by atoms with van der Waals surface area (Å²) in [5, 5.41) is 14.1. The molecule has 1 rings (SSSR count). The standard InChI is InChI=1S/C12H20N4O2/c1-9(7-8-15(2)3)14-11-6-4-5-10(13)12(11)16(17)18/h4-6,9,14H,7-8,13H2,1-3H3. The number of nitro benzene ring substituents is 1. The Hall–Kier alpha value is -1.82. The lowest BCUT2D eigenvalue weighted by molar-refractivity contribution is -0.383. The molecule has 6 nitrogen and oxygen atoms in total. The number of nitrogens with one attached hydrogen (secondary N) is 1. The molecule has 0 aromatic heterocycles. The number of hydrogen-bond donors (Lipinski definition) is 2. The summed E-state index contributed by atoms with van der Waals surface area (Å²) in [5.41, 5.74) is 6.25. The predicted molar refractivity (Wildman–Crippen MR) is 73.8 cm³/mol. The lowest BCUT2D eigenvalue weighted by Crippen LogP contribution is -2.23. The van der Waals surface area contributed by atoms with Crippen molar-refractivity contribution in [1.29, 1.82) is 0 Å². The topological polar surface area (TPSA) is 84.4 Å². The van der Waals surface area contributed by atoms with Gasteiger partial charge in [-0.3, -0.25) is 10.1 Å². The summed E-state index contributed by atoms with van der Waals surface area (Å²) in [7, 11) is 3.99. The molecule has 1 atom stereocenters. The third-order valence-electron chi connectivity index (χ3n) is 2.66. The van der Waals surface area contributed by atoms with Crippen LogP contribution in [0.4, 0.5) is 17.1 Å². The Morgan fingerprint density at radius 3 is 2.72 bits per heavy atom. The van der Waals surface area contributed by atoms with Crippen LogP contribution in [0.15, 0.2) is 18.2 Å². The molecular formula is C12H20N4O2. The Kier molecular flexibility index (Phi) is 4.91. The van der Waals surface area contributed by atoms with Crippen LogP contribution in [-0.4, -0.2) is 36.5 Å². The van der Waals surface area contributed by atoms with Gasteiger partial charge in [0.2, 0.25) is 0 Å². The molecule has 1 aromatic rings. The van der Waals surface area contributed by atoms with Crippen LogP contribution in [-0.2, 0) is 0 Å². The van der Waals surface area contributed by atoms with E-state index in [-0.39, 0.29) is 17.4 Å². The van der Waals surface area contributed by atoms with Crippen molar-refractivity contribution in [1.82, 2.24) is 4.90 Å². The first-order valence-electron chi connectivity index (χ1n) is 5.86. The van der Waals surface area contributed by atoms with E-state index in [1.54, 1.807) is 12.1 Å². The second-order valence-electron chi connectivity index (χ2n) is 4.64. The largest absolute Gasteiger partial charge is 0.393 e. The van der Waals surface area contributed by atoms with E-state index >= 15 is 0 Å². The highest BCUT2D eigenvalue weighted by atomic mass is 16.6. The van der Waals surface area contributed by atoms with Crippen LogP contribution in [0.3, 0.4) is 0 Å². The van der Waals surface area contributed by atoms with E-state index in [0.29, 0.717) is 5.69 Å². The van der Waals surface area contributed by atoms with Crippen LogP contribution in [0, 0.1) is 10.1 Å². The van der Waals surface area contributed by atoms with Gasteiger partial charge in [0.15, 0.2) is 0 Å². The number of nitro groups is 1. The maximum Gasteiger partial charge on any atom is 0.314 e. The maximum atomic E-state index is 11.0. The van der Waals surface area contributed by atoms with Crippen LogP contribution in [0.1, 0.15) is 13.3 Å². The van der Waals surface area contributed by atoms with Crippen molar-refractivity contribution in [2.45, 2.75) is 19.4 Å². The lowest BCUT2D eigenvalue weighted by Gasteiger charge is -2.18. The zero-order valence-electron chi connectivity index (χ0n) is 11.0. The lowest BCUT2D eigenvalue weighted by atomic mass is 10.2. The number of anilines is 2. The molecule has 0 heterocycles. The molecule has 0 bridgehead atoms. The summed E-state index contributed by atoms with van der Waals surface area (Å²) in [5.74, 6) is 0. The highest BCUT2D eigenvalue weighted by Crippen LogP contribution is 2.31. The minimum Gasteiger partial charge on any atom is -0.393 e. The van der Waals surface area contributed by atoms with Gasteiger partial charge in [0.05, 0.1) is 4.92 Å². The Labute approximate surface area is 107 Å². The molecule has 1 aromatic carbocycles. The molecule has 1 unspecified atom stereocenters. The van der Waals surface area contributed by atoms with Gasteiger partial charge in [0, 0.05) is 6.04 Å². The van der Waals surface area contributed by atoms with Crippen molar-refractivity contribution in [2.75, 3.05) is 31.7 Å². The van der Waals surface area contributed by atoms with Crippen molar-refractivity contribution < 1.29 is 4.92 Å². The van der Waals surface area contributed by atoms with Crippen molar-refractivity contribution in [3.63, 3.8) is 0 Å². The average Bonchev–Trinajstić information content (AvgIpc) is 2.26.